The van der Waals surface area contributed by atoms with Crippen LogP contribution in [-0.4, -0.2) is 29.3 Å². The van der Waals surface area contributed by atoms with Gasteiger partial charge in [0.1, 0.15) is 0 Å². The average molecular weight is 338 g/mol. The van der Waals surface area contributed by atoms with Crippen LogP contribution in [0.3, 0.4) is 0 Å². The predicted octanol–water partition coefficient (Wildman–Crippen LogP) is 3.71. The molecule has 0 radical (unpaired) electrons. The van der Waals surface area contributed by atoms with Crippen LogP contribution < -0.4 is 0 Å². The Hall–Kier alpha value is 0.650. The molecule has 0 aromatic carbocycles. The van der Waals surface area contributed by atoms with Gasteiger partial charge in [0.25, 0.3) is 0 Å². The minimum absolute atomic E-state index is 0.209. The van der Waals surface area contributed by atoms with Gasteiger partial charge in [0.15, 0.2) is 0 Å². The molecule has 0 amide bonds. The van der Waals surface area contributed by atoms with E-state index in [-0.39, 0.29) is 5.60 Å². The maximum absolute atomic E-state index is 6.43. The SMILES string of the molecule is COC1CCCC(OC2(CI)CCCC2)C1. The minimum atomic E-state index is 0.209. The average Bonchev–Trinajstić information content (AvgIpc) is 2.78. The fourth-order valence-electron chi connectivity index (χ4n) is 3.08. The minimum Gasteiger partial charge on any atom is -0.381 e. The quantitative estimate of drug-likeness (QED) is 0.575. The molecular weight excluding hydrogens is 315 g/mol. The third-order valence-corrected chi connectivity index (χ3v) is 5.48. The molecular formula is C13H23IO2. The van der Waals surface area contributed by atoms with E-state index in [0.717, 1.165) is 10.8 Å². The lowest BCUT2D eigenvalue weighted by Crippen LogP contribution is -2.39. The number of hydrogen-bond acceptors (Lipinski definition) is 2. The zero-order valence-electron chi connectivity index (χ0n) is 10.2. The number of alkyl halides is 1. The van der Waals surface area contributed by atoms with Crippen LogP contribution in [0.2, 0.25) is 0 Å². The lowest BCUT2D eigenvalue weighted by molar-refractivity contribution is -0.107. The number of hydrogen-bond donors (Lipinski definition) is 0. The molecule has 2 unspecified atom stereocenters. The maximum Gasteiger partial charge on any atom is 0.0775 e. The summed E-state index contributed by atoms with van der Waals surface area (Å²) in [4.78, 5) is 0. The van der Waals surface area contributed by atoms with Crippen molar-refractivity contribution in [1.29, 1.82) is 0 Å². The Labute approximate surface area is 113 Å². The number of halogens is 1. The molecule has 0 saturated heterocycles. The summed E-state index contributed by atoms with van der Waals surface area (Å²) < 4.78 is 13.1. The zero-order chi connectivity index (χ0) is 11.4. The van der Waals surface area contributed by atoms with E-state index in [9.17, 15) is 0 Å². The highest BCUT2D eigenvalue weighted by Gasteiger charge is 2.37. The van der Waals surface area contributed by atoms with Crippen molar-refractivity contribution in [3.63, 3.8) is 0 Å². The van der Waals surface area contributed by atoms with Gasteiger partial charge in [0, 0.05) is 11.5 Å². The Morgan fingerprint density at radius 1 is 1.12 bits per heavy atom. The van der Waals surface area contributed by atoms with E-state index >= 15 is 0 Å². The summed E-state index contributed by atoms with van der Waals surface area (Å²) >= 11 is 2.50. The fraction of sp³-hybridized carbons (Fsp3) is 1.00. The van der Waals surface area contributed by atoms with Crippen LogP contribution in [0.25, 0.3) is 0 Å². The van der Waals surface area contributed by atoms with E-state index in [2.05, 4.69) is 22.6 Å². The lowest BCUT2D eigenvalue weighted by atomic mass is 9.93. The molecule has 3 heteroatoms. The monoisotopic (exact) mass is 338 g/mol. The Balaban J connectivity index is 1.87. The first kappa shape index (κ1) is 13.1. The fourth-order valence-corrected chi connectivity index (χ4v) is 4.02. The van der Waals surface area contributed by atoms with Crippen LogP contribution in [0, 0.1) is 0 Å². The first-order valence-corrected chi connectivity index (χ1v) is 8.07. The zero-order valence-corrected chi connectivity index (χ0v) is 12.4. The molecule has 0 aromatic heterocycles. The van der Waals surface area contributed by atoms with Crippen molar-refractivity contribution in [1.82, 2.24) is 0 Å². The molecule has 0 spiro atoms. The van der Waals surface area contributed by atoms with Crippen LogP contribution in [0.1, 0.15) is 51.4 Å². The number of ether oxygens (including phenoxy) is 2. The summed E-state index contributed by atoms with van der Waals surface area (Å²) in [6.45, 7) is 0. The predicted molar refractivity (Wildman–Crippen MR) is 74.2 cm³/mol. The van der Waals surface area contributed by atoms with Crippen molar-refractivity contribution in [3.05, 3.63) is 0 Å². The number of methoxy groups -OCH3 is 1. The van der Waals surface area contributed by atoms with Gasteiger partial charge in [-0.25, -0.2) is 0 Å². The summed E-state index contributed by atoms with van der Waals surface area (Å²) in [5, 5.41) is 0. The lowest BCUT2D eigenvalue weighted by Gasteiger charge is -2.36. The highest BCUT2D eigenvalue weighted by Crippen LogP contribution is 2.38. The van der Waals surface area contributed by atoms with Crippen molar-refractivity contribution in [2.45, 2.75) is 69.2 Å². The van der Waals surface area contributed by atoms with Gasteiger partial charge in [-0.2, -0.15) is 0 Å². The van der Waals surface area contributed by atoms with Crippen molar-refractivity contribution in [2.75, 3.05) is 11.5 Å². The van der Waals surface area contributed by atoms with Crippen LogP contribution >= 0.6 is 22.6 Å². The Kier molecular flexibility index (Phi) is 4.91. The van der Waals surface area contributed by atoms with E-state index in [1.807, 2.05) is 7.11 Å². The largest absolute Gasteiger partial charge is 0.381 e. The van der Waals surface area contributed by atoms with E-state index in [1.165, 1.54) is 44.9 Å². The van der Waals surface area contributed by atoms with Crippen LogP contribution in [0.15, 0.2) is 0 Å². The second kappa shape index (κ2) is 6.01. The van der Waals surface area contributed by atoms with Gasteiger partial charge in [0.05, 0.1) is 17.8 Å². The molecule has 2 aliphatic rings. The second-order valence-corrected chi connectivity index (χ2v) is 6.05. The summed E-state index contributed by atoms with van der Waals surface area (Å²) in [7, 11) is 1.83. The molecule has 0 aliphatic heterocycles. The van der Waals surface area contributed by atoms with Gasteiger partial charge < -0.3 is 9.47 Å². The standard InChI is InChI=1S/C13H23IO2/c1-15-11-5-4-6-12(9-11)16-13(10-14)7-2-3-8-13/h11-12H,2-10H2,1H3. The summed E-state index contributed by atoms with van der Waals surface area (Å²) in [6, 6.07) is 0. The molecule has 2 saturated carbocycles. The van der Waals surface area contributed by atoms with E-state index < -0.39 is 0 Å². The van der Waals surface area contributed by atoms with Gasteiger partial charge >= 0.3 is 0 Å². The Morgan fingerprint density at radius 2 is 1.81 bits per heavy atom. The van der Waals surface area contributed by atoms with Crippen LogP contribution in [0.4, 0.5) is 0 Å². The third kappa shape index (κ3) is 3.10. The van der Waals surface area contributed by atoms with Gasteiger partial charge in [-0.1, -0.05) is 35.4 Å². The van der Waals surface area contributed by atoms with Crippen LogP contribution in [-0.2, 0) is 9.47 Å². The van der Waals surface area contributed by atoms with E-state index in [4.69, 9.17) is 9.47 Å². The molecule has 16 heavy (non-hydrogen) atoms. The second-order valence-electron chi connectivity index (χ2n) is 5.29. The first-order chi connectivity index (χ1) is 7.78. The Bertz CT molecular complexity index is 214. The molecule has 2 atom stereocenters. The van der Waals surface area contributed by atoms with Gasteiger partial charge in [-0.05, 0) is 38.5 Å². The molecule has 0 bridgehead atoms. The smallest absolute Gasteiger partial charge is 0.0775 e. The molecule has 2 rings (SSSR count). The van der Waals surface area contributed by atoms with Crippen molar-refractivity contribution >= 4 is 22.6 Å². The summed E-state index contributed by atoms with van der Waals surface area (Å²) in [6.07, 6.45) is 10.9. The van der Waals surface area contributed by atoms with Crippen molar-refractivity contribution < 1.29 is 9.47 Å². The van der Waals surface area contributed by atoms with Gasteiger partial charge in [-0.15, -0.1) is 0 Å². The third-order valence-electron chi connectivity index (χ3n) is 4.09. The molecule has 2 nitrogen and oxygen atoms in total. The summed E-state index contributed by atoms with van der Waals surface area (Å²) in [5.41, 5.74) is 0.209. The topological polar surface area (TPSA) is 18.5 Å². The highest BCUT2D eigenvalue weighted by molar-refractivity contribution is 14.1. The molecule has 2 aliphatic carbocycles. The van der Waals surface area contributed by atoms with Crippen LogP contribution in [0.5, 0.6) is 0 Å². The molecule has 94 valence electrons. The molecule has 0 heterocycles. The maximum atomic E-state index is 6.43. The van der Waals surface area contributed by atoms with Crippen molar-refractivity contribution in [3.8, 4) is 0 Å². The first-order valence-electron chi connectivity index (χ1n) is 6.54. The van der Waals surface area contributed by atoms with Crippen molar-refractivity contribution in [2.24, 2.45) is 0 Å². The number of rotatable bonds is 4. The molecule has 0 N–H and O–H groups in total. The van der Waals surface area contributed by atoms with Gasteiger partial charge in [-0.3, -0.25) is 0 Å². The molecule has 2 fully saturated rings. The molecule has 0 aromatic rings. The van der Waals surface area contributed by atoms with E-state index in [1.54, 1.807) is 0 Å². The Morgan fingerprint density at radius 3 is 2.44 bits per heavy atom. The normalized spacial score (nSPS) is 34.1. The highest BCUT2D eigenvalue weighted by atomic mass is 127. The van der Waals surface area contributed by atoms with Gasteiger partial charge in [0.2, 0.25) is 0 Å². The summed E-state index contributed by atoms with van der Waals surface area (Å²) in [5.74, 6) is 0. The van der Waals surface area contributed by atoms with E-state index in [0.29, 0.717) is 12.2 Å².